The van der Waals surface area contributed by atoms with Gasteiger partial charge in [-0.05, 0) is 25.6 Å². The second kappa shape index (κ2) is 8.00. The summed E-state index contributed by atoms with van der Waals surface area (Å²) in [4.78, 5) is 31.7. The molecule has 1 fully saturated rings. The summed E-state index contributed by atoms with van der Waals surface area (Å²) in [7, 11) is 2.10. The summed E-state index contributed by atoms with van der Waals surface area (Å²) in [5, 5.41) is 0.580. The van der Waals surface area contributed by atoms with E-state index in [0.717, 1.165) is 37.6 Å². The molecule has 29 heavy (non-hydrogen) atoms. The molecule has 2 aliphatic rings. The van der Waals surface area contributed by atoms with E-state index in [-0.39, 0.29) is 24.2 Å². The van der Waals surface area contributed by atoms with Crippen molar-refractivity contribution in [1.29, 1.82) is 0 Å². The molecule has 0 unspecified atom stereocenters. The molecule has 10 heteroatoms. The second-order valence-corrected chi connectivity index (χ2v) is 7.63. The topological polar surface area (TPSA) is 101 Å². The zero-order chi connectivity index (χ0) is 20.5. The van der Waals surface area contributed by atoms with E-state index in [9.17, 15) is 4.79 Å². The minimum absolute atomic E-state index is 0.0890. The van der Waals surface area contributed by atoms with Gasteiger partial charge in [0.15, 0.2) is 0 Å². The first-order valence-electron chi connectivity index (χ1n) is 9.63. The van der Waals surface area contributed by atoms with Crippen LogP contribution >= 0.6 is 11.6 Å². The predicted octanol–water partition coefficient (Wildman–Crippen LogP) is 1.35. The van der Waals surface area contributed by atoms with Crippen LogP contribution in [0.1, 0.15) is 18.1 Å². The van der Waals surface area contributed by atoms with Gasteiger partial charge in [-0.1, -0.05) is 11.6 Å². The van der Waals surface area contributed by atoms with E-state index < -0.39 is 0 Å². The van der Waals surface area contributed by atoms with E-state index in [2.05, 4.69) is 31.8 Å². The number of nitrogens with zero attached hydrogens (tertiary/aromatic N) is 6. The Labute approximate surface area is 174 Å². The number of piperazine rings is 1. The summed E-state index contributed by atoms with van der Waals surface area (Å²) in [6, 6.07) is 2.03. The molecular weight excluding hydrogens is 394 g/mol. The standard InChI is InChI=1S/C19H24ClN7O2/c1-3-29-19-23-16(21)13-9-15(28)27(17(13)24-19)11-12-8-14(20)18(22-10-12)26-6-4-25(2)5-7-26/h8,10H,3-7,9,11H2,1-2H3,(H2,21,23,24). The lowest BCUT2D eigenvalue weighted by atomic mass is 10.2. The summed E-state index contributed by atoms with van der Waals surface area (Å²) in [5.74, 6) is 1.46. The number of anilines is 3. The number of hydrogen-bond donors (Lipinski definition) is 1. The smallest absolute Gasteiger partial charge is 0.320 e. The van der Waals surface area contributed by atoms with Crippen LogP contribution in [0, 0.1) is 0 Å². The maximum Gasteiger partial charge on any atom is 0.320 e. The molecule has 1 saturated heterocycles. The number of nitrogen functional groups attached to an aromatic ring is 1. The van der Waals surface area contributed by atoms with Crippen LogP contribution in [0.4, 0.5) is 17.5 Å². The Hall–Kier alpha value is -2.65. The number of rotatable bonds is 5. The molecule has 2 aromatic rings. The molecular formula is C19H24ClN7O2. The van der Waals surface area contributed by atoms with Crippen LogP contribution in [0.15, 0.2) is 12.3 Å². The molecule has 0 saturated carbocycles. The van der Waals surface area contributed by atoms with Gasteiger partial charge in [0.05, 0.1) is 24.6 Å². The van der Waals surface area contributed by atoms with E-state index in [0.29, 0.717) is 29.6 Å². The summed E-state index contributed by atoms with van der Waals surface area (Å²) >= 11 is 6.53. The van der Waals surface area contributed by atoms with Crippen LogP contribution in [0.3, 0.4) is 0 Å². The van der Waals surface area contributed by atoms with Gasteiger partial charge < -0.3 is 20.3 Å². The maximum atomic E-state index is 12.6. The molecule has 4 heterocycles. The Kier molecular flexibility index (Phi) is 5.42. The number of pyridine rings is 1. The number of nitrogens with two attached hydrogens (primary N) is 1. The quantitative estimate of drug-likeness (QED) is 0.777. The molecule has 2 aliphatic heterocycles. The molecule has 2 N–H and O–H groups in total. The molecule has 0 radical (unpaired) electrons. The maximum absolute atomic E-state index is 12.6. The number of carbonyl (C=O) groups excluding carboxylic acids is 1. The van der Waals surface area contributed by atoms with Gasteiger partial charge in [0.2, 0.25) is 5.91 Å². The van der Waals surface area contributed by atoms with Crippen LogP contribution < -0.4 is 20.3 Å². The number of carbonyl (C=O) groups is 1. The highest BCUT2D eigenvalue weighted by atomic mass is 35.5. The minimum Gasteiger partial charge on any atom is -0.464 e. The van der Waals surface area contributed by atoms with Crippen LogP contribution in [-0.4, -0.2) is 65.6 Å². The highest BCUT2D eigenvalue weighted by Gasteiger charge is 2.32. The highest BCUT2D eigenvalue weighted by molar-refractivity contribution is 6.33. The van der Waals surface area contributed by atoms with Gasteiger partial charge in [-0.15, -0.1) is 0 Å². The van der Waals surface area contributed by atoms with Gasteiger partial charge in [-0.25, -0.2) is 4.98 Å². The second-order valence-electron chi connectivity index (χ2n) is 7.22. The largest absolute Gasteiger partial charge is 0.464 e. The number of likely N-dealkylation sites (N-methyl/N-ethyl adjacent to an activating group) is 1. The zero-order valence-electron chi connectivity index (χ0n) is 16.6. The van der Waals surface area contributed by atoms with Gasteiger partial charge >= 0.3 is 6.01 Å². The van der Waals surface area contributed by atoms with Crippen molar-refractivity contribution < 1.29 is 9.53 Å². The molecule has 0 spiro atoms. The first-order chi connectivity index (χ1) is 14.0. The normalized spacial score (nSPS) is 17.0. The molecule has 9 nitrogen and oxygen atoms in total. The lowest BCUT2D eigenvalue weighted by Crippen LogP contribution is -2.45. The van der Waals surface area contributed by atoms with E-state index in [1.54, 1.807) is 11.1 Å². The minimum atomic E-state index is -0.0890. The number of hydrogen-bond acceptors (Lipinski definition) is 8. The van der Waals surface area contributed by atoms with Crippen molar-refractivity contribution in [1.82, 2.24) is 19.9 Å². The number of amides is 1. The van der Waals surface area contributed by atoms with Crippen LogP contribution in [-0.2, 0) is 17.8 Å². The lowest BCUT2D eigenvalue weighted by molar-refractivity contribution is -0.117. The molecule has 0 aromatic carbocycles. The van der Waals surface area contributed by atoms with Gasteiger partial charge in [0.1, 0.15) is 17.5 Å². The van der Waals surface area contributed by atoms with Crippen molar-refractivity contribution in [2.45, 2.75) is 19.9 Å². The van der Waals surface area contributed by atoms with Crippen LogP contribution in [0.25, 0.3) is 0 Å². The Morgan fingerprint density at radius 3 is 2.66 bits per heavy atom. The SMILES string of the molecule is CCOc1nc(N)c2c(n1)N(Cc1cnc(N3CCN(C)CC3)c(Cl)c1)C(=O)C2. The molecule has 0 aliphatic carbocycles. The van der Waals surface area contributed by atoms with Gasteiger partial charge in [0.25, 0.3) is 0 Å². The van der Waals surface area contributed by atoms with Crippen molar-refractivity contribution in [3.8, 4) is 6.01 Å². The van der Waals surface area contributed by atoms with E-state index in [1.807, 2.05) is 13.0 Å². The van der Waals surface area contributed by atoms with Crippen molar-refractivity contribution >= 4 is 35.0 Å². The van der Waals surface area contributed by atoms with Gasteiger partial charge in [-0.3, -0.25) is 9.69 Å². The van der Waals surface area contributed by atoms with Crippen molar-refractivity contribution in [2.24, 2.45) is 0 Å². The summed E-state index contributed by atoms with van der Waals surface area (Å²) in [6.45, 7) is 6.28. The predicted molar refractivity (Wildman–Crippen MR) is 111 cm³/mol. The van der Waals surface area contributed by atoms with E-state index >= 15 is 0 Å². The average molecular weight is 418 g/mol. The zero-order valence-corrected chi connectivity index (χ0v) is 17.3. The summed E-state index contributed by atoms with van der Waals surface area (Å²) in [6.07, 6.45) is 1.94. The van der Waals surface area contributed by atoms with Crippen molar-refractivity contribution in [3.63, 3.8) is 0 Å². The monoisotopic (exact) mass is 417 g/mol. The Bertz CT molecular complexity index is 931. The van der Waals surface area contributed by atoms with Gasteiger partial charge in [-0.2, -0.15) is 9.97 Å². The first kappa shape index (κ1) is 19.7. The fourth-order valence-corrected chi connectivity index (χ4v) is 3.88. The third-order valence-electron chi connectivity index (χ3n) is 5.18. The molecule has 154 valence electrons. The fourth-order valence-electron chi connectivity index (χ4n) is 3.57. The third-order valence-corrected chi connectivity index (χ3v) is 5.45. The molecule has 0 bridgehead atoms. The van der Waals surface area contributed by atoms with Gasteiger partial charge in [0, 0.05) is 37.9 Å². The van der Waals surface area contributed by atoms with Crippen molar-refractivity contribution in [2.75, 3.05) is 55.4 Å². The number of halogens is 1. The molecule has 0 atom stereocenters. The highest BCUT2D eigenvalue weighted by Crippen LogP contribution is 2.34. The Balaban J connectivity index is 1.56. The van der Waals surface area contributed by atoms with Crippen LogP contribution in [0.2, 0.25) is 5.02 Å². The number of ether oxygens (including phenoxy) is 1. The number of fused-ring (bicyclic) bond motifs is 1. The number of aromatic nitrogens is 3. The molecule has 2 aromatic heterocycles. The van der Waals surface area contributed by atoms with Crippen LogP contribution in [0.5, 0.6) is 6.01 Å². The Morgan fingerprint density at radius 1 is 1.21 bits per heavy atom. The summed E-state index contributed by atoms with van der Waals surface area (Å²) in [5.41, 5.74) is 7.46. The van der Waals surface area contributed by atoms with E-state index in [1.165, 1.54) is 0 Å². The van der Waals surface area contributed by atoms with Crippen molar-refractivity contribution in [3.05, 3.63) is 28.4 Å². The lowest BCUT2D eigenvalue weighted by Gasteiger charge is -2.33. The molecule has 1 amide bonds. The Morgan fingerprint density at radius 2 is 1.97 bits per heavy atom. The van der Waals surface area contributed by atoms with E-state index in [4.69, 9.17) is 22.1 Å². The summed E-state index contributed by atoms with van der Waals surface area (Å²) < 4.78 is 5.37. The first-order valence-corrected chi connectivity index (χ1v) is 10.0. The fraction of sp³-hybridized carbons (Fsp3) is 0.474. The molecule has 4 rings (SSSR count). The average Bonchev–Trinajstić information content (AvgIpc) is 3.00. The third kappa shape index (κ3) is 3.92.